The monoisotopic (exact) mass is 450 g/mol. The van der Waals surface area contributed by atoms with Gasteiger partial charge >= 0.3 is 0 Å². The van der Waals surface area contributed by atoms with Crippen molar-refractivity contribution in [3.8, 4) is 11.3 Å². The predicted molar refractivity (Wildman–Crippen MR) is 121 cm³/mol. The molecule has 4 rings (SSSR count). The van der Waals surface area contributed by atoms with Crippen LogP contribution >= 0.6 is 11.6 Å². The number of halogens is 1. The molecule has 1 atom stereocenters. The van der Waals surface area contributed by atoms with Crippen molar-refractivity contribution in [1.29, 1.82) is 0 Å². The predicted octanol–water partition coefficient (Wildman–Crippen LogP) is 2.90. The molecule has 11 heteroatoms. The standard InChI is InChI=1S/C21H19ClN8O2/c22-16-8-13(6-7-14(16)19(23)32)26-21-24-9-15(17-10-25-30-29-17)20(28-21)27-18(11-31)12-4-2-1-3-5-12/h1-10,18,31H,11H2,(H2,23,32)(H,25,29,30)(H2,24,26,27,28)/t18-/m1/s1. The Labute approximate surface area is 187 Å². The highest BCUT2D eigenvalue weighted by Crippen LogP contribution is 2.29. The highest BCUT2D eigenvalue weighted by atomic mass is 35.5. The number of carbonyl (C=O) groups is 1. The van der Waals surface area contributed by atoms with Gasteiger partial charge in [-0.25, -0.2) is 4.98 Å². The molecule has 0 aliphatic carbocycles. The number of hydrogen-bond donors (Lipinski definition) is 5. The Balaban J connectivity index is 1.67. The summed E-state index contributed by atoms with van der Waals surface area (Å²) in [5, 5.41) is 27.0. The van der Waals surface area contributed by atoms with Gasteiger partial charge in [0, 0.05) is 11.9 Å². The Kier molecular flexibility index (Phi) is 6.24. The summed E-state index contributed by atoms with van der Waals surface area (Å²) < 4.78 is 0. The number of nitrogens with one attached hydrogen (secondary N) is 3. The van der Waals surface area contributed by atoms with E-state index in [1.807, 2.05) is 30.3 Å². The third-order valence-electron chi connectivity index (χ3n) is 4.67. The smallest absolute Gasteiger partial charge is 0.250 e. The summed E-state index contributed by atoms with van der Waals surface area (Å²) in [7, 11) is 0. The fourth-order valence-electron chi connectivity index (χ4n) is 3.08. The molecule has 10 nitrogen and oxygen atoms in total. The van der Waals surface area contributed by atoms with Crippen molar-refractivity contribution in [2.24, 2.45) is 5.73 Å². The van der Waals surface area contributed by atoms with E-state index >= 15 is 0 Å². The molecule has 0 aliphatic heterocycles. The SMILES string of the molecule is NC(=O)c1ccc(Nc2ncc(-c3cn[nH]n3)c(N[C@H](CO)c3ccccc3)n2)cc1Cl. The van der Waals surface area contributed by atoms with Crippen molar-refractivity contribution in [2.45, 2.75) is 6.04 Å². The molecule has 0 unspecified atom stereocenters. The summed E-state index contributed by atoms with van der Waals surface area (Å²) in [4.78, 5) is 20.3. The van der Waals surface area contributed by atoms with Gasteiger partial charge in [-0.3, -0.25) is 4.79 Å². The van der Waals surface area contributed by atoms with Crippen LogP contribution in [0.1, 0.15) is 22.0 Å². The maximum atomic E-state index is 11.4. The van der Waals surface area contributed by atoms with Crippen molar-refractivity contribution >= 4 is 35.0 Å². The van der Waals surface area contributed by atoms with Gasteiger partial charge in [-0.1, -0.05) is 41.9 Å². The number of aliphatic hydroxyl groups excluding tert-OH is 1. The van der Waals surface area contributed by atoms with Crippen LogP contribution in [0.5, 0.6) is 0 Å². The van der Waals surface area contributed by atoms with E-state index in [-0.39, 0.29) is 23.1 Å². The number of aromatic amines is 1. The molecule has 2 aromatic heterocycles. The molecule has 6 N–H and O–H groups in total. The van der Waals surface area contributed by atoms with E-state index in [9.17, 15) is 9.90 Å². The summed E-state index contributed by atoms with van der Waals surface area (Å²) in [6.07, 6.45) is 3.14. The topological polar surface area (TPSA) is 155 Å². The average molecular weight is 451 g/mol. The molecule has 0 spiro atoms. The molecule has 0 aliphatic rings. The number of benzene rings is 2. The second kappa shape index (κ2) is 9.41. The number of primary amides is 1. The zero-order valence-corrected chi connectivity index (χ0v) is 17.4. The molecular formula is C21H19ClN8O2. The number of carbonyl (C=O) groups excluding carboxylic acids is 1. The Bertz CT molecular complexity index is 1220. The molecule has 1 amide bonds. The van der Waals surface area contributed by atoms with Crippen LogP contribution in [0, 0.1) is 0 Å². The van der Waals surface area contributed by atoms with Gasteiger partial charge in [0.05, 0.1) is 35.0 Å². The molecule has 0 bridgehead atoms. The summed E-state index contributed by atoms with van der Waals surface area (Å²) in [5.41, 5.74) is 8.12. The van der Waals surface area contributed by atoms with Crippen molar-refractivity contribution in [3.63, 3.8) is 0 Å². The molecule has 162 valence electrons. The summed E-state index contributed by atoms with van der Waals surface area (Å²) in [6, 6.07) is 13.8. The van der Waals surface area contributed by atoms with Gasteiger partial charge in [0.1, 0.15) is 11.5 Å². The third kappa shape index (κ3) is 4.66. The van der Waals surface area contributed by atoms with E-state index in [0.29, 0.717) is 22.8 Å². The summed E-state index contributed by atoms with van der Waals surface area (Å²) >= 11 is 6.13. The first kappa shape index (κ1) is 21.2. The van der Waals surface area contributed by atoms with Crippen LogP contribution in [-0.2, 0) is 0 Å². The Morgan fingerprint density at radius 3 is 2.66 bits per heavy atom. The minimum Gasteiger partial charge on any atom is -0.394 e. The zero-order valence-electron chi connectivity index (χ0n) is 16.7. The van der Waals surface area contributed by atoms with E-state index in [1.54, 1.807) is 24.5 Å². The lowest BCUT2D eigenvalue weighted by Gasteiger charge is -2.19. The normalized spacial score (nSPS) is 11.7. The quantitative estimate of drug-likeness (QED) is 0.274. The third-order valence-corrected chi connectivity index (χ3v) is 4.98. The first-order valence-electron chi connectivity index (χ1n) is 9.57. The lowest BCUT2D eigenvalue weighted by Crippen LogP contribution is -2.17. The number of aliphatic hydroxyl groups is 1. The molecule has 2 heterocycles. The van der Waals surface area contributed by atoms with Crippen molar-refractivity contribution in [1.82, 2.24) is 25.4 Å². The van der Waals surface area contributed by atoms with Crippen molar-refractivity contribution < 1.29 is 9.90 Å². The number of anilines is 3. The molecule has 0 saturated heterocycles. The Hall–Kier alpha value is -4.02. The first-order valence-corrected chi connectivity index (χ1v) is 9.95. The lowest BCUT2D eigenvalue weighted by atomic mass is 10.1. The van der Waals surface area contributed by atoms with E-state index in [0.717, 1.165) is 5.56 Å². The highest BCUT2D eigenvalue weighted by molar-refractivity contribution is 6.34. The van der Waals surface area contributed by atoms with E-state index in [2.05, 4.69) is 36.0 Å². The average Bonchev–Trinajstić information content (AvgIpc) is 3.33. The molecule has 0 radical (unpaired) electrons. The minimum absolute atomic E-state index is 0.154. The molecule has 32 heavy (non-hydrogen) atoms. The van der Waals surface area contributed by atoms with Gasteiger partial charge in [-0.15, -0.1) is 0 Å². The van der Waals surface area contributed by atoms with Gasteiger partial charge in [-0.2, -0.15) is 20.4 Å². The van der Waals surface area contributed by atoms with Gasteiger partial charge in [0.25, 0.3) is 0 Å². The second-order valence-electron chi connectivity index (χ2n) is 6.79. The number of aromatic nitrogens is 5. The number of nitrogens with zero attached hydrogens (tertiary/aromatic N) is 4. The molecule has 4 aromatic rings. The van der Waals surface area contributed by atoms with Gasteiger partial charge in [0.2, 0.25) is 11.9 Å². The number of H-pyrrole nitrogens is 1. The maximum absolute atomic E-state index is 11.4. The van der Waals surface area contributed by atoms with E-state index in [1.165, 1.54) is 6.07 Å². The van der Waals surface area contributed by atoms with Gasteiger partial charge in [-0.05, 0) is 23.8 Å². The fraction of sp³-hybridized carbons (Fsp3) is 0.0952. The summed E-state index contributed by atoms with van der Waals surface area (Å²) in [5.74, 6) is 0.101. The lowest BCUT2D eigenvalue weighted by molar-refractivity contribution is 0.100. The minimum atomic E-state index is -0.614. The van der Waals surface area contributed by atoms with Crippen LogP contribution in [0.2, 0.25) is 5.02 Å². The number of amides is 1. The Morgan fingerprint density at radius 1 is 1.19 bits per heavy atom. The van der Waals surface area contributed by atoms with Crippen LogP contribution in [0.15, 0.2) is 60.9 Å². The first-order chi connectivity index (χ1) is 15.5. The van der Waals surface area contributed by atoms with Crippen LogP contribution in [0.25, 0.3) is 11.3 Å². The van der Waals surface area contributed by atoms with Gasteiger partial charge < -0.3 is 21.5 Å². The number of hydrogen-bond acceptors (Lipinski definition) is 8. The van der Waals surface area contributed by atoms with Crippen LogP contribution in [-0.4, -0.2) is 43.0 Å². The molecule has 2 aromatic carbocycles. The Morgan fingerprint density at radius 2 is 2.00 bits per heavy atom. The fourth-order valence-corrected chi connectivity index (χ4v) is 3.35. The molecule has 0 fully saturated rings. The second-order valence-corrected chi connectivity index (χ2v) is 7.19. The van der Waals surface area contributed by atoms with E-state index in [4.69, 9.17) is 17.3 Å². The van der Waals surface area contributed by atoms with E-state index < -0.39 is 11.9 Å². The maximum Gasteiger partial charge on any atom is 0.250 e. The van der Waals surface area contributed by atoms with Crippen molar-refractivity contribution in [3.05, 3.63) is 77.1 Å². The highest BCUT2D eigenvalue weighted by Gasteiger charge is 2.17. The zero-order chi connectivity index (χ0) is 22.5. The number of rotatable bonds is 8. The summed E-state index contributed by atoms with van der Waals surface area (Å²) in [6.45, 7) is -0.154. The number of nitrogens with two attached hydrogens (primary N) is 1. The largest absolute Gasteiger partial charge is 0.394 e. The van der Waals surface area contributed by atoms with Crippen molar-refractivity contribution in [2.75, 3.05) is 17.2 Å². The van der Waals surface area contributed by atoms with Crippen LogP contribution in [0.4, 0.5) is 17.5 Å². The molecular weight excluding hydrogens is 432 g/mol. The van der Waals surface area contributed by atoms with Crippen LogP contribution < -0.4 is 16.4 Å². The molecule has 0 saturated carbocycles. The van der Waals surface area contributed by atoms with Gasteiger partial charge in [0.15, 0.2) is 0 Å². The van der Waals surface area contributed by atoms with Crippen LogP contribution in [0.3, 0.4) is 0 Å².